The van der Waals surface area contributed by atoms with Crippen molar-refractivity contribution in [3.05, 3.63) is 71.3 Å². The lowest BCUT2D eigenvalue weighted by molar-refractivity contribution is -0.130. The normalized spacial score (nSPS) is 14.3. The highest BCUT2D eigenvalue weighted by Gasteiger charge is 2.17. The van der Waals surface area contributed by atoms with Crippen molar-refractivity contribution < 1.29 is 4.79 Å². The van der Waals surface area contributed by atoms with Crippen molar-refractivity contribution in [1.29, 1.82) is 0 Å². The lowest BCUT2D eigenvalue weighted by atomic mass is 10.0. The lowest BCUT2D eigenvalue weighted by Crippen LogP contribution is -2.27. The molecule has 2 aromatic carbocycles. The molecular weight excluding hydrogens is 270 g/mol. The van der Waals surface area contributed by atoms with Crippen LogP contribution >= 0.6 is 0 Å². The Morgan fingerprint density at radius 3 is 2.09 bits per heavy atom. The zero-order valence-corrected chi connectivity index (χ0v) is 13.0. The first-order valence-corrected chi connectivity index (χ1v) is 8.21. The summed E-state index contributed by atoms with van der Waals surface area (Å²) in [5.41, 5.74) is 3.91. The quantitative estimate of drug-likeness (QED) is 0.820. The predicted octanol–water partition coefficient (Wildman–Crippen LogP) is 3.83. The average Bonchev–Trinajstić information content (AvgIpc) is 3.09. The Bertz CT molecular complexity index is 597. The molecular formula is C20H23NO. The Morgan fingerprint density at radius 2 is 1.41 bits per heavy atom. The predicted molar refractivity (Wildman–Crippen MR) is 89.8 cm³/mol. The third-order valence-electron chi connectivity index (χ3n) is 4.36. The van der Waals surface area contributed by atoms with Gasteiger partial charge in [-0.3, -0.25) is 4.79 Å². The minimum atomic E-state index is 0.311. The van der Waals surface area contributed by atoms with E-state index in [0.29, 0.717) is 12.3 Å². The van der Waals surface area contributed by atoms with Crippen molar-refractivity contribution in [2.75, 3.05) is 13.1 Å². The fraction of sp³-hybridized carbons (Fsp3) is 0.350. The first kappa shape index (κ1) is 14.8. The van der Waals surface area contributed by atoms with Crippen LogP contribution in [0.25, 0.3) is 0 Å². The van der Waals surface area contributed by atoms with Gasteiger partial charge in [-0.25, -0.2) is 0 Å². The van der Waals surface area contributed by atoms with Gasteiger partial charge in [-0.15, -0.1) is 0 Å². The van der Waals surface area contributed by atoms with Gasteiger partial charge in [-0.05, 0) is 42.4 Å². The van der Waals surface area contributed by atoms with Crippen molar-refractivity contribution in [2.24, 2.45) is 0 Å². The van der Waals surface area contributed by atoms with E-state index in [1.54, 1.807) is 0 Å². The van der Waals surface area contributed by atoms with Gasteiger partial charge in [0.15, 0.2) is 0 Å². The summed E-state index contributed by atoms with van der Waals surface area (Å²) in [4.78, 5) is 14.1. The van der Waals surface area contributed by atoms with Gasteiger partial charge < -0.3 is 4.90 Å². The molecule has 114 valence electrons. The summed E-state index contributed by atoms with van der Waals surface area (Å²) in [6.45, 7) is 1.91. The molecule has 0 N–H and O–H groups in total. The van der Waals surface area contributed by atoms with Crippen molar-refractivity contribution >= 4 is 5.91 Å². The van der Waals surface area contributed by atoms with Crippen molar-refractivity contribution in [2.45, 2.75) is 32.1 Å². The van der Waals surface area contributed by atoms with Gasteiger partial charge in [0.25, 0.3) is 0 Å². The maximum atomic E-state index is 12.1. The second kappa shape index (κ2) is 7.26. The zero-order valence-electron chi connectivity index (χ0n) is 13.0. The Kier molecular flexibility index (Phi) is 4.89. The molecule has 0 bridgehead atoms. The second-order valence-corrected chi connectivity index (χ2v) is 6.07. The molecule has 0 aromatic heterocycles. The molecule has 3 rings (SSSR count). The molecule has 22 heavy (non-hydrogen) atoms. The van der Waals surface area contributed by atoms with Crippen LogP contribution < -0.4 is 0 Å². The number of aryl methyl sites for hydroxylation is 1. The molecule has 1 saturated heterocycles. The molecule has 0 atom stereocenters. The van der Waals surface area contributed by atoms with Gasteiger partial charge in [0.1, 0.15) is 0 Å². The zero-order chi connectivity index (χ0) is 15.2. The van der Waals surface area contributed by atoms with Crippen LogP contribution in [-0.2, 0) is 17.6 Å². The molecule has 1 heterocycles. The summed E-state index contributed by atoms with van der Waals surface area (Å²) >= 11 is 0. The van der Waals surface area contributed by atoms with Crippen molar-refractivity contribution in [3.8, 4) is 0 Å². The molecule has 2 heteroatoms. The van der Waals surface area contributed by atoms with E-state index in [0.717, 1.165) is 25.9 Å². The molecule has 2 aromatic rings. The van der Waals surface area contributed by atoms with Gasteiger partial charge in [-0.2, -0.15) is 0 Å². The topological polar surface area (TPSA) is 20.3 Å². The number of rotatable bonds is 5. The number of nitrogens with zero attached hydrogens (tertiary/aromatic N) is 1. The molecule has 0 spiro atoms. The largest absolute Gasteiger partial charge is 0.343 e. The Morgan fingerprint density at radius 1 is 0.818 bits per heavy atom. The first-order chi connectivity index (χ1) is 10.8. The number of hydrogen-bond acceptors (Lipinski definition) is 1. The maximum Gasteiger partial charge on any atom is 0.222 e. The molecule has 0 saturated carbocycles. The summed E-state index contributed by atoms with van der Waals surface area (Å²) in [5.74, 6) is 0.311. The van der Waals surface area contributed by atoms with E-state index in [-0.39, 0.29) is 0 Å². The van der Waals surface area contributed by atoms with Gasteiger partial charge in [0.05, 0.1) is 0 Å². The van der Waals surface area contributed by atoms with E-state index in [2.05, 4.69) is 48.5 Å². The van der Waals surface area contributed by atoms with E-state index < -0.39 is 0 Å². The molecule has 0 aliphatic carbocycles. The van der Waals surface area contributed by atoms with Crippen LogP contribution in [0.15, 0.2) is 54.6 Å². The van der Waals surface area contributed by atoms with Gasteiger partial charge in [-0.1, -0.05) is 54.6 Å². The van der Waals surface area contributed by atoms with Gasteiger partial charge in [0, 0.05) is 19.5 Å². The minimum absolute atomic E-state index is 0.311. The number of amides is 1. The van der Waals surface area contributed by atoms with E-state index in [4.69, 9.17) is 0 Å². The third kappa shape index (κ3) is 3.97. The Hall–Kier alpha value is -2.09. The Labute approximate surface area is 132 Å². The van der Waals surface area contributed by atoms with Gasteiger partial charge in [0.2, 0.25) is 5.91 Å². The number of benzene rings is 2. The van der Waals surface area contributed by atoms with E-state index in [1.807, 2.05) is 11.0 Å². The highest BCUT2D eigenvalue weighted by molar-refractivity contribution is 5.76. The standard InChI is InChI=1S/C20H23NO/c22-20(21-14-4-5-15-21)13-12-17-8-10-19(11-9-17)16-18-6-2-1-3-7-18/h1-3,6-11H,4-5,12-16H2. The molecule has 1 amide bonds. The van der Waals surface area contributed by atoms with Crippen LogP contribution in [0.2, 0.25) is 0 Å². The lowest BCUT2D eigenvalue weighted by Gasteiger charge is -2.14. The number of hydrogen-bond donors (Lipinski definition) is 0. The molecule has 2 nitrogen and oxygen atoms in total. The second-order valence-electron chi connectivity index (χ2n) is 6.07. The minimum Gasteiger partial charge on any atom is -0.343 e. The van der Waals surface area contributed by atoms with Crippen LogP contribution in [0.1, 0.15) is 36.0 Å². The molecule has 1 fully saturated rings. The monoisotopic (exact) mass is 293 g/mol. The molecule has 0 unspecified atom stereocenters. The number of likely N-dealkylation sites (tertiary alicyclic amines) is 1. The van der Waals surface area contributed by atoms with Crippen LogP contribution in [0.3, 0.4) is 0 Å². The third-order valence-corrected chi connectivity index (χ3v) is 4.36. The van der Waals surface area contributed by atoms with Crippen molar-refractivity contribution in [3.63, 3.8) is 0 Å². The SMILES string of the molecule is O=C(CCc1ccc(Cc2ccccc2)cc1)N1CCCC1. The summed E-state index contributed by atoms with van der Waals surface area (Å²) in [6.07, 6.45) is 4.78. The molecule has 0 radical (unpaired) electrons. The highest BCUT2D eigenvalue weighted by Crippen LogP contribution is 2.14. The van der Waals surface area contributed by atoms with Crippen LogP contribution in [0.5, 0.6) is 0 Å². The summed E-state index contributed by atoms with van der Waals surface area (Å²) < 4.78 is 0. The van der Waals surface area contributed by atoms with Crippen LogP contribution in [-0.4, -0.2) is 23.9 Å². The van der Waals surface area contributed by atoms with E-state index in [9.17, 15) is 4.79 Å². The van der Waals surface area contributed by atoms with E-state index >= 15 is 0 Å². The highest BCUT2D eigenvalue weighted by atomic mass is 16.2. The first-order valence-electron chi connectivity index (χ1n) is 8.21. The van der Waals surface area contributed by atoms with Crippen molar-refractivity contribution in [1.82, 2.24) is 4.90 Å². The fourth-order valence-electron chi connectivity index (χ4n) is 3.03. The van der Waals surface area contributed by atoms with E-state index in [1.165, 1.54) is 29.5 Å². The fourth-order valence-corrected chi connectivity index (χ4v) is 3.03. The smallest absolute Gasteiger partial charge is 0.222 e. The number of carbonyl (C=O) groups is 1. The summed E-state index contributed by atoms with van der Waals surface area (Å²) in [6, 6.07) is 19.2. The molecule has 1 aliphatic rings. The van der Waals surface area contributed by atoms with Crippen LogP contribution in [0, 0.1) is 0 Å². The molecule has 1 aliphatic heterocycles. The van der Waals surface area contributed by atoms with Gasteiger partial charge >= 0.3 is 0 Å². The summed E-state index contributed by atoms with van der Waals surface area (Å²) in [7, 11) is 0. The van der Waals surface area contributed by atoms with Crippen LogP contribution in [0.4, 0.5) is 0 Å². The maximum absolute atomic E-state index is 12.1. The number of carbonyl (C=O) groups excluding carboxylic acids is 1. The summed E-state index contributed by atoms with van der Waals surface area (Å²) in [5, 5.41) is 0. The average molecular weight is 293 g/mol. The Balaban J connectivity index is 1.52.